The number of rotatable bonds is 10. The summed E-state index contributed by atoms with van der Waals surface area (Å²) < 4.78 is 27.5. The number of amides is 1. The maximum Gasteiger partial charge on any atom is 0.336 e. The Bertz CT molecular complexity index is 1520. The van der Waals surface area contributed by atoms with Gasteiger partial charge >= 0.3 is 5.97 Å². The molecule has 3 aromatic carbocycles. The van der Waals surface area contributed by atoms with Crippen LogP contribution in [0, 0.1) is 11.3 Å². The van der Waals surface area contributed by atoms with Crippen molar-refractivity contribution in [2.24, 2.45) is 0 Å². The molecule has 0 spiro atoms. The number of morpholine rings is 1. The zero-order valence-corrected chi connectivity index (χ0v) is 23.9. The highest BCUT2D eigenvalue weighted by molar-refractivity contribution is 6.30. The van der Waals surface area contributed by atoms with Crippen LogP contribution in [0.4, 0.5) is 0 Å². The van der Waals surface area contributed by atoms with Gasteiger partial charge < -0.3 is 28.6 Å². The number of carbonyl (C=O) groups excluding carboxylic acids is 2. The van der Waals surface area contributed by atoms with E-state index in [-0.39, 0.29) is 23.0 Å². The van der Waals surface area contributed by atoms with E-state index in [9.17, 15) is 14.9 Å². The van der Waals surface area contributed by atoms with E-state index in [4.69, 9.17) is 35.3 Å². The van der Waals surface area contributed by atoms with E-state index in [0.717, 1.165) is 5.56 Å². The van der Waals surface area contributed by atoms with Crippen molar-refractivity contribution in [1.82, 2.24) is 4.90 Å². The monoisotopic (exact) mass is 588 g/mol. The fraction of sp³-hybridized carbons (Fsp3) is 0.219. The van der Waals surface area contributed by atoms with Gasteiger partial charge in [-0.15, -0.1) is 0 Å². The number of nitrogens with zero attached hydrogens (tertiary/aromatic N) is 2. The van der Waals surface area contributed by atoms with E-state index in [2.05, 4.69) is 0 Å². The zero-order chi connectivity index (χ0) is 29.9. The fourth-order valence-electron chi connectivity index (χ4n) is 4.06. The summed E-state index contributed by atoms with van der Waals surface area (Å²) in [5.74, 6) is 0.527. The van der Waals surface area contributed by atoms with Gasteiger partial charge in [0.15, 0.2) is 23.0 Å². The van der Waals surface area contributed by atoms with Crippen LogP contribution < -0.4 is 18.9 Å². The van der Waals surface area contributed by atoms with Gasteiger partial charge in [-0.25, -0.2) is 4.79 Å². The second kappa shape index (κ2) is 14.7. The van der Waals surface area contributed by atoms with Crippen LogP contribution in [0.1, 0.15) is 16.7 Å². The van der Waals surface area contributed by atoms with Crippen molar-refractivity contribution in [3.63, 3.8) is 0 Å². The standard InChI is InChI=1S/C32H29ClN2O7/c1-38-29-18-22(5-10-27(29)41-21-23-3-8-26(33)9-4-23)7-12-31(36)42-28-11-6-24(19-30(28)39-2)17-25(20-34)32(37)35-13-15-40-16-14-35/h3-12,17-19H,13-16,21H2,1-2H3/b12-7+,25-17+. The lowest BCUT2D eigenvalue weighted by atomic mass is 10.1. The molecule has 0 saturated carbocycles. The van der Waals surface area contributed by atoms with Crippen molar-refractivity contribution in [2.75, 3.05) is 40.5 Å². The molecule has 0 bridgehead atoms. The number of carbonyl (C=O) groups is 2. The second-order valence-electron chi connectivity index (χ2n) is 9.06. The van der Waals surface area contributed by atoms with Crippen LogP contribution in [-0.4, -0.2) is 57.3 Å². The van der Waals surface area contributed by atoms with Crippen molar-refractivity contribution < 1.29 is 33.3 Å². The Morgan fingerprint density at radius 3 is 2.26 bits per heavy atom. The topological polar surface area (TPSA) is 107 Å². The fourth-order valence-corrected chi connectivity index (χ4v) is 4.19. The lowest BCUT2D eigenvalue weighted by molar-refractivity contribution is -0.130. The first kappa shape index (κ1) is 30.2. The van der Waals surface area contributed by atoms with Crippen LogP contribution in [0.5, 0.6) is 23.0 Å². The van der Waals surface area contributed by atoms with Gasteiger partial charge in [-0.1, -0.05) is 35.9 Å². The zero-order valence-electron chi connectivity index (χ0n) is 23.2. The highest BCUT2D eigenvalue weighted by atomic mass is 35.5. The largest absolute Gasteiger partial charge is 0.493 e. The molecule has 1 heterocycles. The van der Waals surface area contributed by atoms with Gasteiger partial charge in [0, 0.05) is 24.2 Å². The number of halogens is 1. The maximum absolute atomic E-state index is 12.7. The Kier molecular flexibility index (Phi) is 10.6. The van der Waals surface area contributed by atoms with Crippen LogP contribution in [0.3, 0.4) is 0 Å². The molecule has 216 valence electrons. The first-order valence-electron chi connectivity index (χ1n) is 13.0. The average Bonchev–Trinajstić information content (AvgIpc) is 3.03. The molecular formula is C32H29ClN2O7. The summed E-state index contributed by atoms with van der Waals surface area (Å²) in [4.78, 5) is 26.9. The summed E-state index contributed by atoms with van der Waals surface area (Å²) in [6.45, 7) is 2.07. The maximum atomic E-state index is 12.7. The normalized spacial score (nSPS) is 13.4. The first-order valence-corrected chi connectivity index (χ1v) is 13.4. The Balaban J connectivity index is 1.40. The Hall–Kier alpha value is -4.78. The Morgan fingerprint density at radius 1 is 0.929 bits per heavy atom. The Morgan fingerprint density at radius 2 is 1.57 bits per heavy atom. The third kappa shape index (κ3) is 8.13. The molecular weight excluding hydrogens is 560 g/mol. The third-order valence-corrected chi connectivity index (χ3v) is 6.52. The highest BCUT2D eigenvalue weighted by Crippen LogP contribution is 2.31. The SMILES string of the molecule is COc1cc(/C=C/C(=O)Oc2ccc(/C=C(\C#N)C(=O)N3CCOCC3)cc2OC)ccc1OCc1ccc(Cl)cc1. The summed E-state index contributed by atoms with van der Waals surface area (Å²) in [6, 6.07) is 19.4. The molecule has 0 N–H and O–H groups in total. The van der Waals surface area contributed by atoms with Crippen LogP contribution in [0.2, 0.25) is 5.02 Å². The molecule has 0 unspecified atom stereocenters. The van der Waals surface area contributed by atoms with E-state index in [1.54, 1.807) is 59.5 Å². The Labute approximate surface area is 249 Å². The van der Waals surface area contributed by atoms with Crippen LogP contribution in [0.15, 0.2) is 72.3 Å². The lowest BCUT2D eigenvalue weighted by Gasteiger charge is -2.26. The molecule has 9 nitrogen and oxygen atoms in total. The van der Waals surface area contributed by atoms with E-state index >= 15 is 0 Å². The number of esters is 1. The molecule has 1 aliphatic rings. The molecule has 0 atom stereocenters. The summed E-state index contributed by atoms with van der Waals surface area (Å²) in [5, 5.41) is 10.2. The molecule has 10 heteroatoms. The minimum absolute atomic E-state index is 0.0107. The van der Waals surface area contributed by atoms with Gasteiger partial charge in [0.05, 0.1) is 27.4 Å². The summed E-state index contributed by atoms with van der Waals surface area (Å²) in [6.07, 6.45) is 4.35. The van der Waals surface area contributed by atoms with E-state index in [1.807, 2.05) is 18.2 Å². The van der Waals surface area contributed by atoms with Crippen LogP contribution >= 0.6 is 11.6 Å². The number of methoxy groups -OCH3 is 2. The van der Waals surface area contributed by atoms with Crippen molar-refractivity contribution >= 4 is 35.6 Å². The smallest absolute Gasteiger partial charge is 0.336 e. The highest BCUT2D eigenvalue weighted by Gasteiger charge is 2.21. The first-order chi connectivity index (χ1) is 20.4. The number of hydrogen-bond donors (Lipinski definition) is 0. The van der Waals surface area contributed by atoms with Crippen molar-refractivity contribution in [2.45, 2.75) is 6.61 Å². The van der Waals surface area contributed by atoms with E-state index < -0.39 is 5.97 Å². The third-order valence-electron chi connectivity index (χ3n) is 6.27. The molecule has 1 amide bonds. The molecule has 0 radical (unpaired) electrons. The number of hydrogen-bond acceptors (Lipinski definition) is 8. The summed E-state index contributed by atoms with van der Waals surface area (Å²) >= 11 is 5.93. The number of nitriles is 1. The van der Waals surface area contributed by atoms with Crippen molar-refractivity contribution in [3.05, 3.63) is 94.0 Å². The van der Waals surface area contributed by atoms with Gasteiger partial charge in [-0.05, 0) is 65.2 Å². The molecule has 1 saturated heterocycles. The summed E-state index contributed by atoms with van der Waals surface area (Å²) in [5.41, 5.74) is 2.19. The second-order valence-corrected chi connectivity index (χ2v) is 9.50. The van der Waals surface area contributed by atoms with Gasteiger partial charge in [0.25, 0.3) is 5.91 Å². The predicted octanol–water partition coefficient (Wildman–Crippen LogP) is 5.32. The molecule has 0 aromatic heterocycles. The minimum Gasteiger partial charge on any atom is -0.493 e. The van der Waals surface area contributed by atoms with Gasteiger partial charge in [-0.2, -0.15) is 5.26 Å². The predicted molar refractivity (Wildman–Crippen MR) is 157 cm³/mol. The molecule has 1 fully saturated rings. The molecule has 3 aromatic rings. The van der Waals surface area contributed by atoms with E-state index in [0.29, 0.717) is 60.6 Å². The van der Waals surface area contributed by atoms with Gasteiger partial charge in [0.2, 0.25) is 0 Å². The van der Waals surface area contributed by atoms with Gasteiger partial charge in [-0.3, -0.25) is 4.79 Å². The van der Waals surface area contributed by atoms with Crippen molar-refractivity contribution in [1.29, 1.82) is 5.26 Å². The quantitative estimate of drug-likeness (QED) is 0.136. The van der Waals surface area contributed by atoms with Crippen LogP contribution in [0.25, 0.3) is 12.2 Å². The lowest BCUT2D eigenvalue weighted by Crippen LogP contribution is -2.41. The number of benzene rings is 3. The van der Waals surface area contributed by atoms with E-state index in [1.165, 1.54) is 26.4 Å². The number of ether oxygens (including phenoxy) is 5. The summed E-state index contributed by atoms with van der Waals surface area (Å²) in [7, 11) is 2.97. The molecule has 1 aliphatic heterocycles. The molecule has 42 heavy (non-hydrogen) atoms. The molecule has 4 rings (SSSR count). The average molecular weight is 589 g/mol. The van der Waals surface area contributed by atoms with Crippen molar-refractivity contribution in [3.8, 4) is 29.1 Å². The van der Waals surface area contributed by atoms with Crippen LogP contribution in [-0.2, 0) is 20.9 Å². The minimum atomic E-state index is -0.626. The molecule has 0 aliphatic carbocycles. The van der Waals surface area contributed by atoms with Gasteiger partial charge in [0.1, 0.15) is 18.2 Å².